The second kappa shape index (κ2) is 7.25. The number of carbonyl (C=O) groups excluding carboxylic acids is 1. The van der Waals surface area contributed by atoms with Crippen LogP contribution < -0.4 is 5.32 Å². The number of rotatable bonds is 4. The number of benzene rings is 2. The number of nitrogens with zero attached hydrogens (tertiary/aromatic N) is 4. The van der Waals surface area contributed by atoms with Crippen LogP contribution in [-0.4, -0.2) is 26.1 Å². The molecule has 1 heterocycles. The normalized spacial score (nSPS) is 11.4. The van der Waals surface area contributed by atoms with Gasteiger partial charge >= 0.3 is 0 Å². The molecule has 7 heteroatoms. The molecule has 3 aromatic rings. The zero-order valence-electron chi connectivity index (χ0n) is 14.9. The SMILES string of the molecule is CC(C)(C)c1ccccc1NC(=O)Cn1nnc(-c2ccc(Cl)cc2)n1. The third-order valence-electron chi connectivity index (χ3n) is 3.85. The number of carbonyl (C=O) groups is 1. The molecule has 1 N–H and O–H groups in total. The van der Waals surface area contributed by atoms with Crippen LogP contribution in [0.3, 0.4) is 0 Å². The van der Waals surface area contributed by atoms with Crippen LogP contribution in [0.4, 0.5) is 5.69 Å². The van der Waals surface area contributed by atoms with Crippen molar-refractivity contribution in [2.24, 2.45) is 0 Å². The van der Waals surface area contributed by atoms with Crippen molar-refractivity contribution in [1.29, 1.82) is 0 Å². The quantitative estimate of drug-likeness (QED) is 0.756. The van der Waals surface area contributed by atoms with Gasteiger partial charge in [0, 0.05) is 16.3 Å². The summed E-state index contributed by atoms with van der Waals surface area (Å²) < 4.78 is 0. The van der Waals surface area contributed by atoms with Crippen molar-refractivity contribution in [2.75, 3.05) is 5.32 Å². The Kier molecular flexibility index (Phi) is 5.04. The van der Waals surface area contributed by atoms with Crippen LogP contribution >= 0.6 is 11.6 Å². The first-order valence-electron chi connectivity index (χ1n) is 8.26. The van der Waals surface area contributed by atoms with Gasteiger partial charge in [-0.3, -0.25) is 4.79 Å². The summed E-state index contributed by atoms with van der Waals surface area (Å²) in [6.07, 6.45) is 0. The molecule has 2 aromatic carbocycles. The summed E-state index contributed by atoms with van der Waals surface area (Å²) in [6.45, 7) is 6.30. The fourth-order valence-electron chi connectivity index (χ4n) is 2.59. The number of anilines is 1. The number of amides is 1. The van der Waals surface area contributed by atoms with E-state index in [2.05, 4.69) is 41.5 Å². The summed E-state index contributed by atoms with van der Waals surface area (Å²) in [4.78, 5) is 13.7. The van der Waals surface area contributed by atoms with Gasteiger partial charge < -0.3 is 5.32 Å². The minimum atomic E-state index is -0.207. The maximum atomic E-state index is 12.4. The monoisotopic (exact) mass is 369 g/mol. The van der Waals surface area contributed by atoms with E-state index in [9.17, 15) is 4.79 Å². The number of halogens is 1. The molecule has 0 fully saturated rings. The molecule has 26 heavy (non-hydrogen) atoms. The molecule has 1 aromatic heterocycles. The van der Waals surface area contributed by atoms with Crippen LogP contribution in [0.25, 0.3) is 11.4 Å². The van der Waals surface area contributed by atoms with Gasteiger partial charge in [0.05, 0.1) is 0 Å². The van der Waals surface area contributed by atoms with E-state index >= 15 is 0 Å². The molecule has 0 aliphatic heterocycles. The van der Waals surface area contributed by atoms with E-state index in [4.69, 9.17) is 11.6 Å². The predicted octanol–water partition coefficient (Wildman–Crippen LogP) is 3.93. The fourth-order valence-corrected chi connectivity index (χ4v) is 2.72. The van der Waals surface area contributed by atoms with Crippen LogP contribution in [0.5, 0.6) is 0 Å². The van der Waals surface area contributed by atoms with Crippen molar-refractivity contribution in [3.8, 4) is 11.4 Å². The third kappa shape index (κ3) is 4.26. The summed E-state index contributed by atoms with van der Waals surface area (Å²) >= 11 is 5.88. The smallest absolute Gasteiger partial charge is 0.248 e. The molecule has 0 aliphatic carbocycles. The Morgan fingerprint density at radius 2 is 1.81 bits per heavy atom. The van der Waals surface area contributed by atoms with E-state index in [1.54, 1.807) is 12.1 Å². The largest absolute Gasteiger partial charge is 0.324 e. The Morgan fingerprint density at radius 3 is 2.50 bits per heavy atom. The number of aromatic nitrogens is 4. The average Bonchev–Trinajstić information content (AvgIpc) is 3.03. The number of tetrazole rings is 1. The second-order valence-corrected chi connectivity index (χ2v) is 7.43. The van der Waals surface area contributed by atoms with Gasteiger partial charge in [-0.25, -0.2) is 0 Å². The maximum absolute atomic E-state index is 12.4. The summed E-state index contributed by atoms with van der Waals surface area (Å²) in [7, 11) is 0. The van der Waals surface area contributed by atoms with Crippen molar-refractivity contribution in [1.82, 2.24) is 20.2 Å². The van der Waals surface area contributed by atoms with Gasteiger partial charge in [-0.15, -0.1) is 10.2 Å². The van der Waals surface area contributed by atoms with Crippen LogP contribution in [-0.2, 0) is 16.8 Å². The lowest BCUT2D eigenvalue weighted by Gasteiger charge is -2.22. The van der Waals surface area contributed by atoms with Gasteiger partial charge in [0.2, 0.25) is 11.7 Å². The average molecular weight is 370 g/mol. The minimum absolute atomic E-state index is 0.0148. The van der Waals surface area contributed by atoms with Gasteiger partial charge in [0.25, 0.3) is 0 Å². The molecular weight excluding hydrogens is 350 g/mol. The topological polar surface area (TPSA) is 72.7 Å². The number of hydrogen-bond acceptors (Lipinski definition) is 4. The van der Waals surface area contributed by atoms with E-state index in [1.165, 1.54) is 4.80 Å². The molecular formula is C19H20ClN5O. The summed E-state index contributed by atoms with van der Waals surface area (Å²) in [6, 6.07) is 14.9. The molecule has 0 bridgehead atoms. The molecule has 0 saturated carbocycles. The molecule has 6 nitrogen and oxygen atoms in total. The molecule has 1 amide bonds. The Balaban J connectivity index is 1.71. The highest BCUT2D eigenvalue weighted by molar-refractivity contribution is 6.30. The van der Waals surface area contributed by atoms with Crippen LogP contribution in [0.1, 0.15) is 26.3 Å². The summed E-state index contributed by atoms with van der Waals surface area (Å²) in [5, 5.41) is 15.8. The molecule has 0 unspecified atom stereocenters. The van der Waals surface area contributed by atoms with Crippen LogP contribution in [0.2, 0.25) is 5.02 Å². The molecule has 0 radical (unpaired) electrons. The lowest BCUT2D eigenvalue weighted by molar-refractivity contribution is -0.117. The highest BCUT2D eigenvalue weighted by Crippen LogP contribution is 2.29. The lowest BCUT2D eigenvalue weighted by Crippen LogP contribution is -2.23. The van der Waals surface area contributed by atoms with Gasteiger partial charge in [0.1, 0.15) is 6.54 Å². The van der Waals surface area contributed by atoms with Crippen molar-refractivity contribution < 1.29 is 4.79 Å². The Bertz CT molecular complexity index is 912. The van der Waals surface area contributed by atoms with Crippen molar-refractivity contribution in [3.05, 3.63) is 59.1 Å². The van der Waals surface area contributed by atoms with E-state index < -0.39 is 0 Å². The lowest BCUT2D eigenvalue weighted by atomic mass is 9.86. The standard InChI is InChI=1S/C19H20ClN5O/c1-19(2,3)15-6-4-5-7-16(15)21-17(26)12-25-23-18(22-24-25)13-8-10-14(20)11-9-13/h4-11H,12H2,1-3H3,(H,21,26). The number of para-hydroxylation sites is 1. The first kappa shape index (κ1) is 18.1. The van der Waals surface area contributed by atoms with Crippen molar-refractivity contribution in [3.63, 3.8) is 0 Å². The predicted molar refractivity (Wildman–Crippen MR) is 102 cm³/mol. The van der Waals surface area contributed by atoms with Crippen LogP contribution in [0.15, 0.2) is 48.5 Å². The first-order valence-corrected chi connectivity index (χ1v) is 8.64. The molecule has 0 aliphatic rings. The van der Waals surface area contributed by atoms with Gasteiger partial charge in [-0.2, -0.15) is 4.80 Å². The highest BCUT2D eigenvalue weighted by atomic mass is 35.5. The molecule has 0 spiro atoms. The molecule has 0 saturated heterocycles. The summed E-state index contributed by atoms with van der Waals surface area (Å²) in [5.74, 6) is 0.242. The Morgan fingerprint density at radius 1 is 1.12 bits per heavy atom. The van der Waals surface area contributed by atoms with Crippen molar-refractivity contribution >= 4 is 23.2 Å². The highest BCUT2D eigenvalue weighted by Gasteiger charge is 2.19. The van der Waals surface area contributed by atoms with Gasteiger partial charge in [0.15, 0.2) is 0 Å². The van der Waals surface area contributed by atoms with E-state index in [0.717, 1.165) is 16.8 Å². The molecule has 0 atom stereocenters. The Hall–Kier alpha value is -2.73. The minimum Gasteiger partial charge on any atom is -0.324 e. The first-order chi connectivity index (χ1) is 12.3. The molecule has 134 valence electrons. The molecule has 3 rings (SSSR count). The van der Waals surface area contributed by atoms with Gasteiger partial charge in [-0.1, -0.05) is 50.6 Å². The Labute approximate surface area is 157 Å². The van der Waals surface area contributed by atoms with Gasteiger partial charge in [-0.05, 0) is 46.5 Å². The third-order valence-corrected chi connectivity index (χ3v) is 4.10. The number of nitrogens with one attached hydrogen (secondary N) is 1. The van der Waals surface area contributed by atoms with Crippen LogP contribution in [0, 0.1) is 0 Å². The second-order valence-electron chi connectivity index (χ2n) is 6.99. The fraction of sp³-hybridized carbons (Fsp3) is 0.263. The van der Waals surface area contributed by atoms with E-state index in [1.807, 2.05) is 36.4 Å². The van der Waals surface area contributed by atoms with Crippen molar-refractivity contribution in [2.45, 2.75) is 32.7 Å². The zero-order valence-corrected chi connectivity index (χ0v) is 15.7. The summed E-state index contributed by atoms with van der Waals surface area (Å²) in [5.41, 5.74) is 2.58. The number of hydrogen-bond donors (Lipinski definition) is 1. The maximum Gasteiger partial charge on any atom is 0.248 e. The van der Waals surface area contributed by atoms with E-state index in [-0.39, 0.29) is 17.9 Å². The van der Waals surface area contributed by atoms with E-state index in [0.29, 0.717) is 10.8 Å². The zero-order chi connectivity index (χ0) is 18.7.